The number of hydrogen-bond donors (Lipinski definition) is 2. The Bertz CT molecular complexity index is 983. The third-order valence-electron chi connectivity index (χ3n) is 4.18. The van der Waals surface area contributed by atoms with Crippen LogP contribution in [-0.4, -0.2) is 11.8 Å². The molecule has 3 aromatic carbocycles. The number of rotatable bonds is 5. The predicted molar refractivity (Wildman–Crippen MR) is 112 cm³/mol. The molecule has 3 aromatic rings. The summed E-state index contributed by atoms with van der Waals surface area (Å²) in [6, 6.07) is 21.1. The summed E-state index contributed by atoms with van der Waals surface area (Å²) in [5.74, 6) is -0.324. The Balaban J connectivity index is 1.65. The van der Waals surface area contributed by atoms with Crippen molar-refractivity contribution in [3.8, 4) is 0 Å². The van der Waals surface area contributed by atoms with Crippen LogP contribution < -0.4 is 10.6 Å². The summed E-state index contributed by atoms with van der Waals surface area (Å²) in [5, 5.41) is 7.89. The molecule has 0 fully saturated rings. The fourth-order valence-corrected chi connectivity index (χ4v) is 2.67. The van der Waals surface area contributed by atoms with Crippen molar-refractivity contribution >= 4 is 40.0 Å². The van der Waals surface area contributed by atoms with Crippen molar-refractivity contribution in [1.82, 2.24) is 0 Å². The van der Waals surface area contributed by atoms with Crippen molar-refractivity contribution in [2.75, 3.05) is 10.6 Å². The first-order chi connectivity index (χ1) is 13.0. The maximum atomic E-state index is 12.2. The minimum atomic E-state index is -0.207. The van der Waals surface area contributed by atoms with E-state index in [-0.39, 0.29) is 17.7 Å². The van der Waals surface area contributed by atoms with Gasteiger partial charge < -0.3 is 10.6 Å². The first-order valence-corrected chi connectivity index (χ1v) is 8.91. The fourth-order valence-electron chi connectivity index (χ4n) is 2.67. The smallest absolute Gasteiger partial charge is 0.248 e. The molecule has 0 spiro atoms. The molecule has 0 radical (unpaired) electrons. The molecule has 27 heavy (non-hydrogen) atoms. The Kier molecular flexibility index (Phi) is 5.67. The van der Waals surface area contributed by atoms with Gasteiger partial charge in [0, 0.05) is 23.4 Å². The number of amides is 2. The molecule has 0 aliphatic rings. The highest BCUT2D eigenvalue weighted by Gasteiger charge is 2.07. The Labute approximate surface area is 158 Å². The lowest BCUT2D eigenvalue weighted by Crippen LogP contribution is -2.17. The van der Waals surface area contributed by atoms with Gasteiger partial charge in [-0.2, -0.15) is 0 Å². The van der Waals surface area contributed by atoms with Gasteiger partial charge in [-0.1, -0.05) is 56.3 Å². The van der Waals surface area contributed by atoms with E-state index in [0.29, 0.717) is 11.4 Å². The molecule has 136 valence electrons. The zero-order chi connectivity index (χ0) is 19.2. The zero-order valence-corrected chi connectivity index (χ0v) is 15.4. The maximum absolute atomic E-state index is 12.2. The molecular weight excluding hydrogens is 336 g/mol. The number of hydrogen-bond acceptors (Lipinski definition) is 2. The molecule has 2 amide bonds. The number of carbonyl (C=O) groups excluding carboxylic acids is 2. The number of carbonyl (C=O) groups is 2. The number of fused-ring (bicyclic) bond motifs is 1. The van der Waals surface area contributed by atoms with E-state index < -0.39 is 0 Å². The van der Waals surface area contributed by atoms with Gasteiger partial charge >= 0.3 is 0 Å². The van der Waals surface area contributed by atoms with E-state index >= 15 is 0 Å². The highest BCUT2D eigenvalue weighted by molar-refractivity contribution is 6.03. The molecule has 3 rings (SSSR count). The number of nitrogens with one attached hydrogen (secondary N) is 2. The van der Waals surface area contributed by atoms with Crippen LogP contribution in [0.5, 0.6) is 0 Å². The summed E-state index contributed by atoms with van der Waals surface area (Å²) in [7, 11) is 0. The van der Waals surface area contributed by atoms with Gasteiger partial charge in [0.2, 0.25) is 11.8 Å². The van der Waals surface area contributed by atoms with Crippen molar-refractivity contribution in [3.05, 3.63) is 78.4 Å². The van der Waals surface area contributed by atoms with Crippen LogP contribution in [0.3, 0.4) is 0 Å². The molecule has 0 saturated carbocycles. The summed E-state index contributed by atoms with van der Waals surface area (Å²) in [6.07, 6.45) is 3.34. The zero-order valence-electron chi connectivity index (χ0n) is 15.4. The highest BCUT2D eigenvalue weighted by Crippen LogP contribution is 2.20. The first kappa shape index (κ1) is 18.4. The van der Waals surface area contributed by atoms with Crippen molar-refractivity contribution in [2.24, 2.45) is 5.92 Å². The van der Waals surface area contributed by atoms with Crippen molar-refractivity contribution < 1.29 is 9.59 Å². The lowest BCUT2D eigenvalue weighted by Gasteiger charge is -2.08. The molecular formula is C23H22N2O2. The van der Waals surface area contributed by atoms with Crippen LogP contribution in [0.4, 0.5) is 11.4 Å². The van der Waals surface area contributed by atoms with Crippen LogP contribution in [0.1, 0.15) is 19.4 Å². The van der Waals surface area contributed by atoms with Gasteiger partial charge in [-0.05, 0) is 46.7 Å². The summed E-state index contributed by atoms with van der Waals surface area (Å²) in [4.78, 5) is 23.9. The van der Waals surface area contributed by atoms with Crippen LogP contribution in [0, 0.1) is 5.92 Å². The maximum Gasteiger partial charge on any atom is 0.248 e. The second-order valence-electron chi connectivity index (χ2n) is 6.61. The third kappa shape index (κ3) is 4.82. The monoisotopic (exact) mass is 358 g/mol. The van der Waals surface area contributed by atoms with Gasteiger partial charge in [0.15, 0.2) is 0 Å². The van der Waals surface area contributed by atoms with Crippen LogP contribution in [0.2, 0.25) is 0 Å². The van der Waals surface area contributed by atoms with E-state index in [9.17, 15) is 9.59 Å². The third-order valence-corrected chi connectivity index (χ3v) is 4.18. The first-order valence-electron chi connectivity index (χ1n) is 8.91. The van der Waals surface area contributed by atoms with Gasteiger partial charge in [-0.25, -0.2) is 0 Å². The number of anilines is 2. The molecule has 4 nitrogen and oxygen atoms in total. The Morgan fingerprint density at radius 1 is 0.815 bits per heavy atom. The molecule has 0 aliphatic carbocycles. The van der Waals surface area contributed by atoms with E-state index in [1.807, 2.05) is 62.4 Å². The predicted octanol–water partition coefficient (Wildman–Crippen LogP) is 5.09. The number of benzene rings is 3. The summed E-state index contributed by atoms with van der Waals surface area (Å²) < 4.78 is 0. The quantitative estimate of drug-likeness (QED) is 0.624. The highest BCUT2D eigenvalue weighted by atomic mass is 16.2. The van der Waals surface area contributed by atoms with Gasteiger partial charge in [0.1, 0.15) is 0 Å². The van der Waals surface area contributed by atoms with Gasteiger partial charge in [0.05, 0.1) is 0 Å². The molecule has 0 unspecified atom stereocenters. The SMILES string of the molecule is CC(C)C(=O)Nc1ccc(NC(=O)/C=C/c2cccc3ccccc23)cc1. The van der Waals surface area contributed by atoms with E-state index in [4.69, 9.17) is 0 Å². The minimum Gasteiger partial charge on any atom is -0.326 e. The lowest BCUT2D eigenvalue weighted by atomic mass is 10.0. The Morgan fingerprint density at radius 2 is 1.44 bits per heavy atom. The van der Waals surface area contributed by atoms with Gasteiger partial charge in [0.25, 0.3) is 0 Å². The van der Waals surface area contributed by atoms with E-state index in [1.54, 1.807) is 24.3 Å². The standard InChI is InChI=1S/C23H22N2O2/c1-16(2)23(27)25-20-13-11-19(12-14-20)24-22(26)15-10-18-8-5-7-17-6-3-4-9-21(17)18/h3-16H,1-2H3,(H,24,26)(H,25,27)/b15-10+. The molecule has 2 N–H and O–H groups in total. The largest absolute Gasteiger partial charge is 0.326 e. The second-order valence-corrected chi connectivity index (χ2v) is 6.61. The average molecular weight is 358 g/mol. The molecule has 0 saturated heterocycles. The summed E-state index contributed by atoms with van der Waals surface area (Å²) >= 11 is 0. The van der Waals surface area contributed by atoms with Crippen molar-refractivity contribution in [1.29, 1.82) is 0 Å². The lowest BCUT2D eigenvalue weighted by molar-refractivity contribution is -0.119. The topological polar surface area (TPSA) is 58.2 Å². The summed E-state index contributed by atoms with van der Waals surface area (Å²) in [5.41, 5.74) is 2.37. The minimum absolute atomic E-state index is 0.0372. The van der Waals surface area contributed by atoms with Crippen molar-refractivity contribution in [2.45, 2.75) is 13.8 Å². The van der Waals surface area contributed by atoms with Crippen LogP contribution in [0.25, 0.3) is 16.8 Å². The van der Waals surface area contributed by atoms with Gasteiger partial charge in [-0.3, -0.25) is 9.59 Å². The van der Waals surface area contributed by atoms with Gasteiger partial charge in [-0.15, -0.1) is 0 Å². The Morgan fingerprint density at radius 3 is 2.15 bits per heavy atom. The van der Waals surface area contributed by atoms with E-state index in [0.717, 1.165) is 16.3 Å². The van der Waals surface area contributed by atoms with E-state index in [1.165, 1.54) is 6.08 Å². The van der Waals surface area contributed by atoms with Crippen LogP contribution in [0.15, 0.2) is 72.8 Å². The average Bonchev–Trinajstić information content (AvgIpc) is 2.67. The second kappa shape index (κ2) is 8.32. The normalized spacial score (nSPS) is 11.1. The fraction of sp³-hybridized carbons (Fsp3) is 0.130. The summed E-state index contributed by atoms with van der Waals surface area (Å²) in [6.45, 7) is 3.68. The molecule has 0 bridgehead atoms. The van der Waals surface area contributed by atoms with Crippen LogP contribution in [-0.2, 0) is 9.59 Å². The van der Waals surface area contributed by atoms with Crippen molar-refractivity contribution in [3.63, 3.8) is 0 Å². The van der Waals surface area contributed by atoms with E-state index in [2.05, 4.69) is 10.6 Å². The Hall–Kier alpha value is -3.40. The molecule has 0 aromatic heterocycles. The molecule has 0 atom stereocenters. The van der Waals surface area contributed by atoms with Crippen LogP contribution >= 0.6 is 0 Å². The molecule has 4 heteroatoms. The molecule has 0 heterocycles. The molecule has 0 aliphatic heterocycles.